The number of nitrogens with zero attached hydrogens (tertiary/aromatic N) is 2. The van der Waals surface area contributed by atoms with Crippen LogP contribution in [0.1, 0.15) is 30.7 Å². The minimum atomic E-state index is -1.21. The van der Waals surface area contributed by atoms with Gasteiger partial charge in [0.05, 0.1) is 19.9 Å². The lowest BCUT2D eigenvalue weighted by Crippen LogP contribution is -2.49. The number of hydrogen-bond donors (Lipinski definition) is 2. The number of urea groups is 1. The quantitative estimate of drug-likeness (QED) is 0.533. The van der Waals surface area contributed by atoms with E-state index in [2.05, 4.69) is 10.3 Å². The Hall–Kier alpha value is -4.01. The minimum Gasteiger partial charge on any atom is -0.497 e. The molecule has 0 aliphatic carbocycles. The standard InChI is InChI=1S/C26H28N4O5/c1-15(23(31)27-14-16-6-5-7-17(12-16)34-3)30-24(32)26(2)22-19(10-11-29(26)25(30)33)20-13-18(35-4)8-9-21(20)28-22/h5-9,12-13,15,28H,10-11,14H2,1-4H3,(H,27,31)/t15-,26-/m0/s1. The maximum atomic E-state index is 13.8. The Morgan fingerprint density at radius 3 is 2.63 bits per heavy atom. The zero-order chi connectivity index (χ0) is 24.9. The molecule has 1 fully saturated rings. The van der Waals surface area contributed by atoms with Gasteiger partial charge in [-0.2, -0.15) is 0 Å². The lowest BCUT2D eigenvalue weighted by atomic mass is 9.87. The first-order valence-electron chi connectivity index (χ1n) is 11.5. The molecular weight excluding hydrogens is 448 g/mol. The summed E-state index contributed by atoms with van der Waals surface area (Å²) in [6, 6.07) is 11.6. The highest BCUT2D eigenvalue weighted by molar-refractivity contribution is 6.11. The first-order chi connectivity index (χ1) is 16.8. The highest BCUT2D eigenvalue weighted by Gasteiger charge is 2.60. The molecule has 2 N–H and O–H groups in total. The molecular formula is C26H28N4O5. The van der Waals surface area contributed by atoms with Crippen molar-refractivity contribution in [1.29, 1.82) is 0 Å². The molecule has 2 aromatic carbocycles. The number of methoxy groups -OCH3 is 2. The number of fused-ring (bicyclic) bond motifs is 5. The van der Waals surface area contributed by atoms with Gasteiger partial charge in [-0.1, -0.05) is 12.1 Å². The molecule has 0 bridgehead atoms. The van der Waals surface area contributed by atoms with Crippen LogP contribution in [0.3, 0.4) is 0 Å². The maximum Gasteiger partial charge on any atom is 0.328 e. The molecule has 2 aliphatic rings. The monoisotopic (exact) mass is 476 g/mol. The molecule has 3 aromatic rings. The van der Waals surface area contributed by atoms with Gasteiger partial charge in [-0.05, 0) is 61.7 Å². The smallest absolute Gasteiger partial charge is 0.328 e. The van der Waals surface area contributed by atoms with Gasteiger partial charge in [-0.3, -0.25) is 9.59 Å². The Balaban J connectivity index is 1.41. The fraction of sp³-hybridized carbons (Fsp3) is 0.346. The van der Waals surface area contributed by atoms with Crippen molar-refractivity contribution in [3.63, 3.8) is 0 Å². The number of nitrogens with one attached hydrogen (secondary N) is 2. The maximum absolute atomic E-state index is 13.8. The Morgan fingerprint density at radius 1 is 1.14 bits per heavy atom. The van der Waals surface area contributed by atoms with Crippen LogP contribution in [-0.4, -0.2) is 59.4 Å². The number of benzene rings is 2. The zero-order valence-electron chi connectivity index (χ0n) is 20.2. The molecule has 3 heterocycles. The van der Waals surface area contributed by atoms with Crippen LogP contribution < -0.4 is 14.8 Å². The molecule has 2 atom stereocenters. The van der Waals surface area contributed by atoms with Gasteiger partial charge in [-0.25, -0.2) is 9.69 Å². The molecule has 0 radical (unpaired) electrons. The van der Waals surface area contributed by atoms with E-state index in [1.165, 1.54) is 0 Å². The third-order valence-corrected chi connectivity index (χ3v) is 7.17. The van der Waals surface area contributed by atoms with E-state index in [1.807, 2.05) is 42.5 Å². The van der Waals surface area contributed by atoms with Crippen LogP contribution >= 0.6 is 0 Å². The molecule has 2 aliphatic heterocycles. The van der Waals surface area contributed by atoms with Gasteiger partial charge in [0, 0.05) is 24.0 Å². The second kappa shape index (κ2) is 8.33. The van der Waals surface area contributed by atoms with Gasteiger partial charge in [0.1, 0.15) is 17.5 Å². The topological polar surface area (TPSA) is 104 Å². The fourth-order valence-corrected chi connectivity index (χ4v) is 5.15. The first-order valence-corrected chi connectivity index (χ1v) is 11.5. The SMILES string of the molecule is COc1cccc(CNC(=O)[C@H](C)N2C(=O)N3CCc4c([nH]c5ccc(OC)cc45)[C@@]3(C)C2=O)c1. The molecule has 0 saturated carbocycles. The van der Waals surface area contributed by atoms with E-state index in [9.17, 15) is 14.4 Å². The zero-order valence-corrected chi connectivity index (χ0v) is 20.2. The van der Waals surface area contributed by atoms with E-state index < -0.39 is 29.4 Å². The second-order valence-corrected chi connectivity index (χ2v) is 9.07. The summed E-state index contributed by atoms with van der Waals surface area (Å²) in [6.07, 6.45) is 0.599. The van der Waals surface area contributed by atoms with E-state index in [4.69, 9.17) is 9.47 Å². The average molecular weight is 477 g/mol. The number of hydrogen-bond acceptors (Lipinski definition) is 5. The molecule has 4 amide bonds. The van der Waals surface area contributed by atoms with E-state index in [0.717, 1.165) is 32.7 Å². The molecule has 182 valence electrons. The van der Waals surface area contributed by atoms with Crippen molar-refractivity contribution in [1.82, 2.24) is 20.1 Å². The number of carbonyl (C=O) groups is 3. The molecule has 0 spiro atoms. The summed E-state index contributed by atoms with van der Waals surface area (Å²) in [6.45, 7) is 3.96. The highest BCUT2D eigenvalue weighted by atomic mass is 16.5. The number of carbonyl (C=O) groups excluding carboxylic acids is 3. The molecule has 9 nitrogen and oxygen atoms in total. The van der Waals surface area contributed by atoms with Crippen molar-refractivity contribution < 1.29 is 23.9 Å². The molecule has 1 saturated heterocycles. The van der Waals surface area contributed by atoms with Gasteiger partial charge in [-0.15, -0.1) is 0 Å². The van der Waals surface area contributed by atoms with Crippen molar-refractivity contribution in [2.24, 2.45) is 0 Å². The van der Waals surface area contributed by atoms with Crippen LogP contribution in [-0.2, 0) is 28.1 Å². The van der Waals surface area contributed by atoms with Crippen LogP contribution in [0, 0.1) is 0 Å². The lowest BCUT2D eigenvalue weighted by molar-refractivity contribution is -0.139. The van der Waals surface area contributed by atoms with Crippen molar-refractivity contribution >= 4 is 28.7 Å². The number of ether oxygens (including phenoxy) is 2. The summed E-state index contributed by atoms with van der Waals surface area (Å²) >= 11 is 0. The number of aromatic nitrogens is 1. The Kier molecular flexibility index (Phi) is 5.42. The van der Waals surface area contributed by atoms with Gasteiger partial charge in [0.15, 0.2) is 5.54 Å². The second-order valence-electron chi connectivity index (χ2n) is 9.07. The van der Waals surface area contributed by atoms with E-state index in [1.54, 1.807) is 33.0 Å². The fourth-order valence-electron chi connectivity index (χ4n) is 5.15. The predicted molar refractivity (Wildman–Crippen MR) is 129 cm³/mol. The predicted octanol–water partition coefficient (Wildman–Crippen LogP) is 2.93. The van der Waals surface area contributed by atoms with Crippen molar-refractivity contribution in [3.8, 4) is 11.5 Å². The summed E-state index contributed by atoms with van der Waals surface area (Å²) in [5.74, 6) is 0.598. The summed E-state index contributed by atoms with van der Waals surface area (Å²) in [4.78, 5) is 46.2. The van der Waals surface area contributed by atoms with Crippen LogP contribution in [0.2, 0.25) is 0 Å². The van der Waals surface area contributed by atoms with Crippen LogP contribution in [0.25, 0.3) is 10.9 Å². The van der Waals surface area contributed by atoms with Gasteiger partial charge in [0.2, 0.25) is 5.91 Å². The minimum absolute atomic E-state index is 0.256. The van der Waals surface area contributed by atoms with Crippen molar-refractivity contribution in [3.05, 3.63) is 59.3 Å². The van der Waals surface area contributed by atoms with E-state index >= 15 is 0 Å². The summed E-state index contributed by atoms with van der Waals surface area (Å²) in [5, 5.41) is 3.81. The Labute approximate surface area is 203 Å². The van der Waals surface area contributed by atoms with Crippen molar-refractivity contribution in [2.45, 2.75) is 38.4 Å². The summed E-state index contributed by atoms with van der Waals surface area (Å²) in [5.41, 5.74) is 2.21. The normalized spacial score (nSPS) is 20.0. The molecule has 9 heteroatoms. The summed E-state index contributed by atoms with van der Waals surface area (Å²) in [7, 11) is 3.19. The molecule has 5 rings (SSSR count). The third kappa shape index (κ3) is 3.41. The average Bonchev–Trinajstić information content (AvgIpc) is 3.34. The van der Waals surface area contributed by atoms with Gasteiger partial charge >= 0.3 is 6.03 Å². The molecule has 0 unspecified atom stereocenters. The number of H-pyrrole nitrogens is 1. The van der Waals surface area contributed by atoms with Gasteiger partial charge in [0.25, 0.3) is 5.91 Å². The molecule has 35 heavy (non-hydrogen) atoms. The number of imide groups is 1. The molecule has 1 aromatic heterocycles. The third-order valence-electron chi connectivity index (χ3n) is 7.17. The largest absolute Gasteiger partial charge is 0.497 e. The van der Waals surface area contributed by atoms with E-state index in [0.29, 0.717) is 24.4 Å². The highest BCUT2D eigenvalue weighted by Crippen LogP contribution is 2.45. The van der Waals surface area contributed by atoms with Crippen molar-refractivity contribution in [2.75, 3.05) is 20.8 Å². The van der Waals surface area contributed by atoms with Crippen LogP contribution in [0.5, 0.6) is 11.5 Å². The van der Waals surface area contributed by atoms with Gasteiger partial charge < -0.3 is 24.7 Å². The van der Waals surface area contributed by atoms with E-state index in [-0.39, 0.29) is 6.54 Å². The summed E-state index contributed by atoms with van der Waals surface area (Å²) < 4.78 is 10.6. The van der Waals surface area contributed by atoms with Crippen LogP contribution in [0.4, 0.5) is 4.79 Å². The lowest BCUT2D eigenvalue weighted by Gasteiger charge is -2.36. The van der Waals surface area contributed by atoms with Crippen LogP contribution in [0.15, 0.2) is 42.5 Å². The Bertz CT molecular complexity index is 1350. The number of rotatable bonds is 6. The number of amides is 4. The first kappa shape index (κ1) is 22.8. The Morgan fingerprint density at radius 2 is 1.89 bits per heavy atom. The number of aromatic amines is 1.